The minimum absolute atomic E-state index is 0.109. The van der Waals surface area contributed by atoms with E-state index in [1.807, 2.05) is 23.2 Å². The molecule has 1 atom stereocenters. The molecular formula is C21H25N4O5P. The van der Waals surface area contributed by atoms with Crippen molar-refractivity contribution in [3.05, 3.63) is 57.6 Å². The topological polar surface area (TPSA) is 97.0 Å². The second-order valence-corrected chi connectivity index (χ2v) is 9.89. The molecule has 0 N–H and O–H groups in total. The average Bonchev–Trinajstić information content (AvgIpc) is 3.62. The molecule has 2 aromatic carbocycles. The van der Waals surface area contributed by atoms with Crippen LogP contribution in [-0.4, -0.2) is 46.7 Å². The van der Waals surface area contributed by atoms with E-state index in [-0.39, 0.29) is 11.4 Å². The van der Waals surface area contributed by atoms with Crippen LogP contribution >= 0.6 is 7.67 Å². The van der Waals surface area contributed by atoms with Gasteiger partial charge in [-0.3, -0.25) is 24.2 Å². The van der Waals surface area contributed by atoms with E-state index in [2.05, 4.69) is 4.99 Å². The fraction of sp³-hybridized carbons (Fsp3) is 0.381. The molecule has 0 spiro atoms. The summed E-state index contributed by atoms with van der Waals surface area (Å²) in [4.78, 5) is 15.3. The lowest BCUT2D eigenvalue weighted by atomic mass is 10.1. The van der Waals surface area contributed by atoms with Crippen LogP contribution in [0, 0.1) is 17.0 Å². The number of ether oxygens (including phenoxy) is 1. The first-order chi connectivity index (χ1) is 14.8. The number of aryl methyl sites for hydroxylation is 1. The van der Waals surface area contributed by atoms with Crippen LogP contribution in [-0.2, 0) is 9.09 Å². The van der Waals surface area contributed by atoms with Gasteiger partial charge in [0.05, 0.1) is 16.7 Å². The predicted molar refractivity (Wildman–Crippen MR) is 118 cm³/mol. The summed E-state index contributed by atoms with van der Waals surface area (Å²) in [5.41, 5.74) is 2.21. The first kappa shape index (κ1) is 21.6. The Hall–Kier alpha value is -2.58. The van der Waals surface area contributed by atoms with Crippen LogP contribution in [0.4, 0.5) is 11.4 Å². The van der Waals surface area contributed by atoms with Crippen LogP contribution in [0.25, 0.3) is 0 Å². The van der Waals surface area contributed by atoms with Crippen LogP contribution in [0.3, 0.4) is 0 Å². The Balaban J connectivity index is 1.60. The van der Waals surface area contributed by atoms with Crippen molar-refractivity contribution in [3.8, 4) is 11.5 Å². The van der Waals surface area contributed by atoms with E-state index in [0.29, 0.717) is 11.3 Å². The molecule has 2 aliphatic heterocycles. The highest BCUT2D eigenvalue weighted by Gasteiger charge is 2.50. The van der Waals surface area contributed by atoms with Crippen molar-refractivity contribution < 1.29 is 18.7 Å². The molecule has 4 rings (SSSR count). The number of nitrogens with zero attached hydrogens (tertiary/aromatic N) is 4. The summed E-state index contributed by atoms with van der Waals surface area (Å²) >= 11 is 0. The summed E-state index contributed by atoms with van der Waals surface area (Å²) in [6.07, 6.45) is 1.19. The van der Waals surface area contributed by atoms with E-state index < -0.39 is 18.7 Å². The van der Waals surface area contributed by atoms with Gasteiger partial charge in [-0.05, 0) is 62.2 Å². The highest BCUT2D eigenvalue weighted by molar-refractivity contribution is 7.54. The molecule has 1 unspecified atom stereocenters. The lowest BCUT2D eigenvalue weighted by Crippen LogP contribution is -2.10. The zero-order valence-electron chi connectivity index (χ0n) is 17.7. The SMILES string of the molecule is C/C=N\c1ccc(Oc2cc(C(C)OP(=O)(N3CC3)N3CC3)ccc2[N+](=O)[O-])cc1C. The molecular weight excluding hydrogens is 419 g/mol. The Morgan fingerprint density at radius 3 is 2.39 bits per heavy atom. The molecule has 0 radical (unpaired) electrons. The molecule has 0 saturated carbocycles. The maximum absolute atomic E-state index is 13.3. The summed E-state index contributed by atoms with van der Waals surface area (Å²) < 4.78 is 28.8. The number of benzene rings is 2. The fourth-order valence-corrected chi connectivity index (χ4v) is 5.64. The van der Waals surface area contributed by atoms with Crippen molar-refractivity contribution in [2.75, 3.05) is 26.2 Å². The van der Waals surface area contributed by atoms with Crippen LogP contribution in [0.15, 0.2) is 41.4 Å². The first-order valence-electron chi connectivity index (χ1n) is 10.2. The largest absolute Gasteiger partial charge is 0.450 e. The first-order valence-corrected chi connectivity index (χ1v) is 11.7. The number of aliphatic imine (C=N–C) groups is 1. The maximum Gasteiger partial charge on any atom is 0.346 e. The molecule has 2 fully saturated rings. The van der Waals surface area contributed by atoms with Crippen molar-refractivity contribution in [1.29, 1.82) is 0 Å². The third kappa shape index (κ3) is 4.70. The fourth-order valence-electron chi connectivity index (χ4n) is 3.29. The van der Waals surface area contributed by atoms with Crippen LogP contribution in [0.5, 0.6) is 11.5 Å². The van der Waals surface area contributed by atoms with Gasteiger partial charge in [-0.2, -0.15) is 0 Å². The molecule has 164 valence electrons. The minimum Gasteiger partial charge on any atom is -0.450 e. The van der Waals surface area contributed by atoms with Crippen molar-refractivity contribution in [3.63, 3.8) is 0 Å². The molecule has 10 heteroatoms. The summed E-state index contributed by atoms with van der Waals surface area (Å²) in [5.74, 6) is 0.581. The summed E-state index contributed by atoms with van der Waals surface area (Å²) in [7, 11) is -3.02. The van der Waals surface area contributed by atoms with E-state index >= 15 is 0 Å². The van der Waals surface area contributed by atoms with E-state index in [9.17, 15) is 14.7 Å². The molecule has 0 aromatic heterocycles. The number of hydrogen-bond acceptors (Lipinski definition) is 6. The van der Waals surface area contributed by atoms with E-state index in [1.165, 1.54) is 6.07 Å². The van der Waals surface area contributed by atoms with Gasteiger partial charge in [0.2, 0.25) is 5.75 Å². The quantitative estimate of drug-likeness (QED) is 0.172. The molecule has 2 heterocycles. The van der Waals surface area contributed by atoms with Crippen molar-refractivity contribution >= 4 is 25.3 Å². The van der Waals surface area contributed by atoms with E-state index in [4.69, 9.17) is 9.26 Å². The number of hydrogen-bond donors (Lipinski definition) is 0. The van der Waals surface area contributed by atoms with Crippen LogP contribution in [0.1, 0.15) is 31.1 Å². The Labute approximate surface area is 181 Å². The Morgan fingerprint density at radius 2 is 1.84 bits per heavy atom. The van der Waals surface area contributed by atoms with Gasteiger partial charge in [-0.15, -0.1) is 0 Å². The summed E-state index contributed by atoms with van der Waals surface area (Å²) in [6, 6.07) is 9.91. The zero-order chi connectivity index (χ0) is 22.2. The standard InChI is InChI=1S/C21H25N4O5P/c1-4-22-19-7-6-18(13-15(19)2)29-21-14-17(5-8-20(21)25(26)27)16(3)30-31(28,23-9-10-23)24-11-12-24/h4-8,13-14,16H,9-12H2,1-3H3/b22-4-. The van der Waals surface area contributed by atoms with Crippen molar-refractivity contribution in [1.82, 2.24) is 9.34 Å². The van der Waals surface area contributed by atoms with Gasteiger partial charge in [-0.1, -0.05) is 0 Å². The predicted octanol–water partition coefficient (Wildman–Crippen LogP) is 5.23. The van der Waals surface area contributed by atoms with Crippen molar-refractivity contribution in [2.24, 2.45) is 4.99 Å². The third-order valence-corrected chi connectivity index (χ3v) is 7.99. The van der Waals surface area contributed by atoms with Gasteiger partial charge in [0.25, 0.3) is 0 Å². The van der Waals surface area contributed by atoms with Crippen LogP contribution < -0.4 is 4.74 Å². The molecule has 2 aliphatic rings. The molecule has 9 nitrogen and oxygen atoms in total. The Kier molecular flexibility index (Phi) is 5.94. The molecule has 0 bridgehead atoms. The highest BCUT2D eigenvalue weighted by Crippen LogP contribution is 2.63. The third-order valence-electron chi connectivity index (χ3n) is 5.17. The second-order valence-electron chi connectivity index (χ2n) is 7.57. The molecule has 2 saturated heterocycles. The van der Waals surface area contributed by atoms with Gasteiger partial charge >= 0.3 is 13.4 Å². The van der Waals surface area contributed by atoms with Crippen LogP contribution in [0.2, 0.25) is 0 Å². The number of nitro benzene ring substituents is 1. The van der Waals surface area contributed by atoms with Gasteiger partial charge in [0.15, 0.2) is 0 Å². The maximum atomic E-state index is 13.3. The minimum atomic E-state index is -3.02. The lowest BCUT2D eigenvalue weighted by Gasteiger charge is -2.24. The van der Waals surface area contributed by atoms with E-state index in [1.54, 1.807) is 43.5 Å². The van der Waals surface area contributed by atoms with Gasteiger partial charge in [-0.25, -0.2) is 9.34 Å². The molecule has 31 heavy (non-hydrogen) atoms. The number of rotatable bonds is 9. The smallest absolute Gasteiger partial charge is 0.346 e. The number of nitro groups is 1. The second kappa shape index (κ2) is 8.51. The average molecular weight is 444 g/mol. The van der Waals surface area contributed by atoms with Crippen molar-refractivity contribution in [2.45, 2.75) is 26.9 Å². The summed E-state index contributed by atoms with van der Waals surface area (Å²) in [6.45, 7) is 8.56. The normalized spacial score (nSPS) is 17.6. The molecule has 0 aliphatic carbocycles. The monoisotopic (exact) mass is 444 g/mol. The lowest BCUT2D eigenvalue weighted by molar-refractivity contribution is -0.385. The molecule has 2 aromatic rings. The summed E-state index contributed by atoms with van der Waals surface area (Å²) in [5, 5.41) is 11.5. The van der Waals surface area contributed by atoms with Gasteiger partial charge in [0.1, 0.15) is 5.75 Å². The van der Waals surface area contributed by atoms with Gasteiger partial charge in [0, 0.05) is 38.5 Å². The molecule has 0 amide bonds. The van der Waals surface area contributed by atoms with E-state index in [0.717, 1.165) is 37.4 Å². The Bertz CT molecular complexity index is 1070. The van der Waals surface area contributed by atoms with Gasteiger partial charge < -0.3 is 4.74 Å². The zero-order valence-corrected chi connectivity index (χ0v) is 18.6. The highest BCUT2D eigenvalue weighted by atomic mass is 31.2. The Morgan fingerprint density at radius 1 is 1.16 bits per heavy atom.